The molecule has 2 rings (SSSR count). The minimum atomic E-state index is -0.283. The molecule has 0 aliphatic rings. The van der Waals surface area contributed by atoms with Crippen molar-refractivity contribution in [2.24, 2.45) is 0 Å². The summed E-state index contributed by atoms with van der Waals surface area (Å²) in [5.74, 6) is -0.283. The third-order valence-electron chi connectivity index (χ3n) is 3.77. The molecular formula is C17H19ClFN. The van der Waals surface area contributed by atoms with Crippen LogP contribution in [0.15, 0.2) is 30.3 Å². The predicted octanol–water partition coefficient (Wildman–Crippen LogP) is 4.71. The van der Waals surface area contributed by atoms with E-state index in [4.69, 9.17) is 11.6 Å². The molecule has 0 radical (unpaired) electrons. The number of hydrogen-bond acceptors (Lipinski definition) is 1. The lowest BCUT2D eigenvalue weighted by atomic mass is 9.91. The SMILES string of the molecule is CNC(c1cc(C)c(C)cc1C)c1c(F)cccc1Cl. The van der Waals surface area contributed by atoms with Crippen LogP contribution in [0.3, 0.4) is 0 Å². The molecule has 20 heavy (non-hydrogen) atoms. The van der Waals surface area contributed by atoms with Crippen molar-refractivity contribution in [1.29, 1.82) is 0 Å². The fourth-order valence-corrected chi connectivity index (χ4v) is 2.81. The number of aryl methyl sites for hydroxylation is 3. The van der Waals surface area contributed by atoms with Crippen LogP contribution in [-0.4, -0.2) is 7.05 Å². The molecule has 1 atom stereocenters. The molecule has 0 aromatic heterocycles. The van der Waals surface area contributed by atoms with Gasteiger partial charge in [-0.15, -0.1) is 0 Å². The summed E-state index contributed by atoms with van der Waals surface area (Å²) in [5, 5.41) is 3.63. The minimum Gasteiger partial charge on any atom is -0.309 e. The summed E-state index contributed by atoms with van der Waals surface area (Å²) in [6, 6.07) is 8.78. The zero-order chi connectivity index (χ0) is 14.9. The lowest BCUT2D eigenvalue weighted by molar-refractivity contribution is 0.575. The van der Waals surface area contributed by atoms with E-state index in [0.717, 1.165) is 11.1 Å². The van der Waals surface area contributed by atoms with Gasteiger partial charge in [0, 0.05) is 10.6 Å². The Balaban J connectivity index is 2.62. The zero-order valence-corrected chi connectivity index (χ0v) is 13.0. The average Bonchev–Trinajstić information content (AvgIpc) is 2.39. The lowest BCUT2D eigenvalue weighted by Gasteiger charge is -2.22. The molecule has 0 heterocycles. The largest absolute Gasteiger partial charge is 0.309 e. The fourth-order valence-electron chi connectivity index (χ4n) is 2.54. The summed E-state index contributed by atoms with van der Waals surface area (Å²) >= 11 is 6.20. The van der Waals surface area contributed by atoms with E-state index in [0.29, 0.717) is 10.6 Å². The van der Waals surface area contributed by atoms with Crippen molar-refractivity contribution in [1.82, 2.24) is 5.32 Å². The van der Waals surface area contributed by atoms with Crippen molar-refractivity contribution in [3.63, 3.8) is 0 Å². The van der Waals surface area contributed by atoms with Crippen LogP contribution in [0.4, 0.5) is 4.39 Å². The Labute approximate surface area is 124 Å². The molecule has 1 nitrogen and oxygen atoms in total. The smallest absolute Gasteiger partial charge is 0.129 e. The number of nitrogens with one attached hydrogen (secondary N) is 1. The van der Waals surface area contributed by atoms with Crippen molar-refractivity contribution in [2.45, 2.75) is 26.8 Å². The summed E-state index contributed by atoms with van der Waals surface area (Å²) < 4.78 is 14.2. The summed E-state index contributed by atoms with van der Waals surface area (Å²) in [5.41, 5.74) is 5.12. The Kier molecular flexibility index (Phi) is 4.46. The molecule has 0 saturated heterocycles. The molecule has 3 heteroatoms. The Hall–Kier alpha value is -1.38. The van der Waals surface area contributed by atoms with Gasteiger partial charge in [0.2, 0.25) is 0 Å². The van der Waals surface area contributed by atoms with E-state index in [1.807, 2.05) is 14.0 Å². The summed E-state index contributed by atoms with van der Waals surface area (Å²) in [6.07, 6.45) is 0. The normalized spacial score (nSPS) is 12.5. The molecule has 0 aliphatic heterocycles. The molecule has 1 unspecified atom stereocenters. The van der Waals surface area contributed by atoms with E-state index < -0.39 is 0 Å². The molecule has 0 spiro atoms. The maximum atomic E-state index is 14.2. The molecule has 1 N–H and O–H groups in total. The number of rotatable bonds is 3. The van der Waals surface area contributed by atoms with Gasteiger partial charge in [0.1, 0.15) is 5.82 Å². The van der Waals surface area contributed by atoms with Crippen LogP contribution in [0, 0.1) is 26.6 Å². The first-order valence-corrected chi connectivity index (χ1v) is 7.02. The van der Waals surface area contributed by atoms with E-state index in [2.05, 4.69) is 31.3 Å². The Bertz CT molecular complexity index is 617. The van der Waals surface area contributed by atoms with E-state index >= 15 is 0 Å². The van der Waals surface area contributed by atoms with Gasteiger partial charge in [-0.3, -0.25) is 0 Å². The standard InChI is InChI=1S/C17H19ClFN/c1-10-8-12(3)13(9-11(10)2)17(20-4)16-14(18)6-5-7-15(16)19/h5-9,17,20H,1-4H3. The van der Waals surface area contributed by atoms with Gasteiger partial charge in [0.05, 0.1) is 6.04 Å². The summed E-state index contributed by atoms with van der Waals surface area (Å²) in [6.45, 7) is 6.19. The molecular weight excluding hydrogens is 273 g/mol. The molecule has 0 amide bonds. The molecule has 2 aromatic rings. The molecule has 0 aliphatic carbocycles. The second kappa shape index (κ2) is 5.94. The van der Waals surface area contributed by atoms with E-state index in [-0.39, 0.29) is 11.9 Å². The zero-order valence-electron chi connectivity index (χ0n) is 12.2. The van der Waals surface area contributed by atoms with Crippen molar-refractivity contribution in [3.05, 3.63) is 69.0 Å². The van der Waals surface area contributed by atoms with Crippen LogP contribution < -0.4 is 5.32 Å². The van der Waals surface area contributed by atoms with E-state index in [1.165, 1.54) is 17.2 Å². The van der Waals surface area contributed by atoms with Crippen LogP contribution in [0.5, 0.6) is 0 Å². The number of hydrogen-bond donors (Lipinski definition) is 1. The summed E-state index contributed by atoms with van der Waals surface area (Å²) in [4.78, 5) is 0. The summed E-state index contributed by atoms with van der Waals surface area (Å²) in [7, 11) is 1.82. The highest BCUT2D eigenvalue weighted by Crippen LogP contribution is 2.33. The topological polar surface area (TPSA) is 12.0 Å². The quantitative estimate of drug-likeness (QED) is 0.863. The molecule has 2 aromatic carbocycles. The minimum absolute atomic E-state index is 0.247. The van der Waals surface area contributed by atoms with Gasteiger partial charge < -0.3 is 5.32 Å². The monoisotopic (exact) mass is 291 g/mol. The highest BCUT2D eigenvalue weighted by atomic mass is 35.5. The van der Waals surface area contributed by atoms with Crippen molar-refractivity contribution in [3.8, 4) is 0 Å². The Morgan fingerprint density at radius 1 is 1.05 bits per heavy atom. The van der Waals surface area contributed by atoms with Gasteiger partial charge in [-0.1, -0.05) is 29.8 Å². The number of halogens is 2. The average molecular weight is 292 g/mol. The second-order valence-electron chi connectivity index (χ2n) is 5.15. The molecule has 0 saturated carbocycles. The van der Waals surface area contributed by atoms with Crippen LogP contribution in [0.1, 0.15) is 33.9 Å². The van der Waals surface area contributed by atoms with Crippen molar-refractivity contribution in [2.75, 3.05) is 7.05 Å². The molecule has 0 bridgehead atoms. The van der Waals surface area contributed by atoms with Crippen molar-refractivity contribution >= 4 is 11.6 Å². The third-order valence-corrected chi connectivity index (χ3v) is 4.10. The van der Waals surface area contributed by atoms with E-state index in [9.17, 15) is 4.39 Å². The van der Waals surface area contributed by atoms with Crippen LogP contribution in [-0.2, 0) is 0 Å². The molecule has 106 valence electrons. The third kappa shape index (κ3) is 2.72. The van der Waals surface area contributed by atoms with Crippen LogP contribution in [0.2, 0.25) is 5.02 Å². The van der Waals surface area contributed by atoms with Crippen LogP contribution in [0.25, 0.3) is 0 Å². The van der Waals surface area contributed by atoms with Gasteiger partial charge in [-0.05, 0) is 62.2 Å². The Morgan fingerprint density at radius 3 is 2.30 bits per heavy atom. The highest BCUT2D eigenvalue weighted by Gasteiger charge is 2.21. The fraction of sp³-hybridized carbons (Fsp3) is 0.294. The predicted molar refractivity (Wildman–Crippen MR) is 83.0 cm³/mol. The maximum absolute atomic E-state index is 14.2. The van der Waals surface area contributed by atoms with Crippen LogP contribution >= 0.6 is 11.6 Å². The lowest BCUT2D eigenvalue weighted by Crippen LogP contribution is -2.20. The van der Waals surface area contributed by atoms with Gasteiger partial charge in [0.25, 0.3) is 0 Å². The first-order chi connectivity index (χ1) is 9.45. The van der Waals surface area contributed by atoms with Gasteiger partial charge in [0.15, 0.2) is 0 Å². The maximum Gasteiger partial charge on any atom is 0.129 e. The highest BCUT2D eigenvalue weighted by molar-refractivity contribution is 6.31. The van der Waals surface area contributed by atoms with E-state index in [1.54, 1.807) is 12.1 Å². The first-order valence-electron chi connectivity index (χ1n) is 6.64. The Morgan fingerprint density at radius 2 is 1.70 bits per heavy atom. The second-order valence-corrected chi connectivity index (χ2v) is 5.56. The molecule has 0 fully saturated rings. The van der Waals surface area contributed by atoms with Gasteiger partial charge in [-0.2, -0.15) is 0 Å². The number of benzene rings is 2. The van der Waals surface area contributed by atoms with Gasteiger partial charge in [-0.25, -0.2) is 4.39 Å². The van der Waals surface area contributed by atoms with Crippen molar-refractivity contribution < 1.29 is 4.39 Å². The first kappa shape index (κ1) is 15.0. The van der Waals surface area contributed by atoms with Gasteiger partial charge >= 0.3 is 0 Å².